The lowest BCUT2D eigenvalue weighted by Crippen LogP contribution is -2.27. The molecule has 2 heterocycles. The van der Waals surface area contributed by atoms with E-state index in [1.807, 2.05) is 25.7 Å². The number of carbonyl (C=O) groups is 1. The number of anilines is 1. The molecule has 1 aromatic carbocycles. The van der Waals surface area contributed by atoms with E-state index in [4.69, 9.17) is 4.74 Å². The summed E-state index contributed by atoms with van der Waals surface area (Å²) in [7, 11) is 0. The number of hydrogen-bond acceptors (Lipinski definition) is 4. The van der Waals surface area contributed by atoms with E-state index in [1.165, 1.54) is 5.56 Å². The zero-order valence-corrected chi connectivity index (χ0v) is 14.7. The van der Waals surface area contributed by atoms with Crippen LogP contribution in [0.3, 0.4) is 0 Å². The van der Waals surface area contributed by atoms with E-state index in [-0.39, 0.29) is 12.0 Å². The summed E-state index contributed by atoms with van der Waals surface area (Å²) in [6.45, 7) is 7.31. The molecular weight excluding hydrogens is 308 g/mol. The van der Waals surface area contributed by atoms with Crippen LogP contribution in [0.1, 0.15) is 37.8 Å². The van der Waals surface area contributed by atoms with Gasteiger partial charge in [-0.25, -0.2) is 4.98 Å². The molecule has 0 fully saturated rings. The fourth-order valence-corrected chi connectivity index (χ4v) is 3.48. The predicted molar refractivity (Wildman–Crippen MR) is 93.8 cm³/mol. The Morgan fingerprint density at radius 3 is 3.00 bits per heavy atom. The van der Waals surface area contributed by atoms with Crippen LogP contribution in [0.15, 0.2) is 23.6 Å². The molecule has 4 nitrogen and oxygen atoms in total. The minimum absolute atomic E-state index is 0.193. The molecule has 0 N–H and O–H groups in total. The standard InChI is InChI=1S/C18H22N2O2S/c1-4-18(21)20-8-7-14-9-13(5-6-16(14)20)15-11-23-17(19-15)10-22-12(2)3/h5-6,9,11-12H,4,7-8,10H2,1-3H3. The fraction of sp³-hybridized carbons (Fsp3) is 0.444. The quantitative estimate of drug-likeness (QED) is 0.831. The van der Waals surface area contributed by atoms with Gasteiger partial charge in [-0.3, -0.25) is 4.79 Å². The average molecular weight is 330 g/mol. The van der Waals surface area contributed by atoms with Crippen LogP contribution >= 0.6 is 11.3 Å². The molecule has 2 aromatic rings. The number of benzene rings is 1. The Labute approximate surface area is 141 Å². The molecule has 5 heteroatoms. The van der Waals surface area contributed by atoms with Crippen LogP contribution in [0.2, 0.25) is 0 Å². The lowest BCUT2D eigenvalue weighted by atomic mass is 10.1. The van der Waals surface area contributed by atoms with Crippen LogP contribution in [0.4, 0.5) is 5.69 Å². The third-order valence-corrected chi connectivity index (χ3v) is 4.79. The van der Waals surface area contributed by atoms with Crippen LogP contribution in [0.25, 0.3) is 11.3 Å². The first kappa shape index (κ1) is 16.1. The molecule has 0 radical (unpaired) electrons. The lowest BCUT2D eigenvalue weighted by molar-refractivity contribution is -0.118. The molecule has 0 bridgehead atoms. The first-order valence-corrected chi connectivity index (χ1v) is 8.96. The normalized spacial score (nSPS) is 13.7. The minimum Gasteiger partial charge on any atom is -0.372 e. The Morgan fingerprint density at radius 1 is 1.43 bits per heavy atom. The van der Waals surface area contributed by atoms with Gasteiger partial charge >= 0.3 is 0 Å². The van der Waals surface area contributed by atoms with Crippen LogP contribution in [-0.4, -0.2) is 23.5 Å². The monoisotopic (exact) mass is 330 g/mol. The van der Waals surface area contributed by atoms with Gasteiger partial charge in [-0.1, -0.05) is 13.0 Å². The molecule has 0 saturated carbocycles. The molecular formula is C18H22N2O2S. The molecule has 0 saturated heterocycles. The molecule has 1 aliphatic rings. The van der Waals surface area contributed by atoms with Gasteiger partial charge in [0.25, 0.3) is 0 Å². The Bertz CT molecular complexity index is 709. The first-order chi connectivity index (χ1) is 11.1. The Hall–Kier alpha value is -1.72. The van der Waals surface area contributed by atoms with Gasteiger partial charge in [-0.05, 0) is 38.0 Å². The molecule has 23 heavy (non-hydrogen) atoms. The van der Waals surface area contributed by atoms with Gasteiger partial charge in [-0.15, -0.1) is 11.3 Å². The van der Waals surface area contributed by atoms with E-state index in [0.29, 0.717) is 13.0 Å². The summed E-state index contributed by atoms with van der Waals surface area (Å²) < 4.78 is 5.61. The first-order valence-electron chi connectivity index (χ1n) is 8.08. The summed E-state index contributed by atoms with van der Waals surface area (Å²) in [4.78, 5) is 18.5. The van der Waals surface area contributed by atoms with Crippen molar-refractivity contribution in [3.05, 3.63) is 34.2 Å². The van der Waals surface area contributed by atoms with E-state index in [1.54, 1.807) is 11.3 Å². The van der Waals surface area contributed by atoms with Crippen molar-refractivity contribution >= 4 is 22.9 Å². The summed E-state index contributed by atoms with van der Waals surface area (Å²) in [5.74, 6) is 0.193. The number of fused-ring (bicyclic) bond motifs is 1. The van der Waals surface area contributed by atoms with Gasteiger partial charge in [0.05, 0.1) is 18.4 Å². The Morgan fingerprint density at radius 2 is 2.26 bits per heavy atom. The molecule has 1 aromatic heterocycles. The summed E-state index contributed by atoms with van der Waals surface area (Å²) in [6.07, 6.45) is 1.68. The topological polar surface area (TPSA) is 42.4 Å². The second kappa shape index (κ2) is 6.81. The highest BCUT2D eigenvalue weighted by Crippen LogP contribution is 2.33. The maximum absolute atomic E-state index is 12.0. The Kier molecular flexibility index (Phi) is 4.78. The van der Waals surface area contributed by atoms with Gasteiger partial charge in [0.15, 0.2) is 0 Å². The van der Waals surface area contributed by atoms with Gasteiger partial charge in [0, 0.05) is 29.6 Å². The highest BCUT2D eigenvalue weighted by atomic mass is 32.1. The zero-order valence-electron chi connectivity index (χ0n) is 13.8. The van der Waals surface area contributed by atoms with E-state index >= 15 is 0 Å². The van der Waals surface area contributed by atoms with Crippen LogP contribution in [0.5, 0.6) is 0 Å². The molecule has 0 spiro atoms. The Balaban J connectivity index is 1.79. The van der Waals surface area contributed by atoms with Crippen molar-refractivity contribution in [2.45, 2.75) is 46.3 Å². The van der Waals surface area contributed by atoms with E-state index in [0.717, 1.165) is 34.9 Å². The van der Waals surface area contributed by atoms with Gasteiger partial charge in [0.2, 0.25) is 5.91 Å². The van der Waals surface area contributed by atoms with E-state index in [2.05, 4.69) is 28.6 Å². The van der Waals surface area contributed by atoms with Crippen LogP contribution in [0, 0.1) is 0 Å². The van der Waals surface area contributed by atoms with E-state index in [9.17, 15) is 4.79 Å². The number of aromatic nitrogens is 1. The largest absolute Gasteiger partial charge is 0.372 e. The maximum atomic E-state index is 12.0. The zero-order chi connectivity index (χ0) is 16.4. The lowest BCUT2D eigenvalue weighted by Gasteiger charge is -2.16. The number of rotatable bonds is 5. The van der Waals surface area contributed by atoms with E-state index < -0.39 is 0 Å². The van der Waals surface area contributed by atoms with Crippen molar-refractivity contribution < 1.29 is 9.53 Å². The summed E-state index contributed by atoms with van der Waals surface area (Å²) in [5.41, 5.74) is 4.39. The molecule has 122 valence electrons. The second-order valence-electron chi connectivity index (χ2n) is 5.98. The van der Waals surface area contributed by atoms with Crippen LogP contribution < -0.4 is 4.90 Å². The minimum atomic E-state index is 0.193. The summed E-state index contributed by atoms with van der Waals surface area (Å²) in [6, 6.07) is 6.28. The SMILES string of the molecule is CCC(=O)N1CCc2cc(-c3csc(COC(C)C)n3)ccc21. The van der Waals surface area contributed by atoms with Crippen molar-refractivity contribution in [3.63, 3.8) is 0 Å². The predicted octanol–water partition coefficient (Wildman–Crippen LogP) is 4.03. The van der Waals surface area contributed by atoms with Crippen molar-refractivity contribution in [1.82, 2.24) is 4.98 Å². The number of nitrogens with zero attached hydrogens (tertiary/aromatic N) is 2. The highest BCUT2D eigenvalue weighted by molar-refractivity contribution is 7.09. The summed E-state index contributed by atoms with van der Waals surface area (Å²) in [5, 5.41) is 3.07. The highest BCUT2D eigenvalue weighted by Gasteiger charge is 2.23. The third kappa shape index (κ3) is 3.46. The van der Waals surface area contributed by atoms with Crippen molar-refractivity contribution in [1.29, 1.82) is 0 Å². The number of amides is 1. The van der Waals surface area contributed by atoms with Crippen molar-refractivity contribution in [3.8, 4) is 11.3 Å². The number of ether oxygens (including phenoxy) is 1. The van der Waals surface area contributed by atoms with Gasteiger partial charge < -0.3 is 9.64 Å². The number of carbonyl (C=O) groups excluding carboxylic acids is 1. The van der Waals surface area contributed by atoms with Crippen molar-refractivity contribution in [2.75, 3.05) is 11.4 Å². The molecule has 3 rings (SSSR count). The molecule has 0 unspecified atom stereocenters. The molecule has 0 atom stereocenters. The molecule has 0 aliphatic carbocycles. The molecule has 1 aliphatic heterocycles. The number of hydrogen-bond donors (Lipinski definition) is 0. The third-order valence-electron chi connectivity index (χ3n) is 3.97. The number of thiazole rings is 1. The van der Waals surface area contributed by atoms with Crippen LogP contribution in [-0.2, 0) is 22.6 Å². The smallest absolute Gasteiger partial charge is 0.226 e. The fourth-order valence-electron chi connectivity index (χ4n) is 2.76. The van der Waals surface area contributed by atoms with Gasteiger partial charge in [-0.2, -0.15) is 0 Å². The molecule has 1 amide bonds. The second-order valence-corrected chi connectivity index (χ2v) is 6.92. The maximum Gasteiger partial charge on any atom is 0.226 e. The average Bonchev–Trinajstić information content (AvgIpc) is 3.18. The van der Waals surface area contributed by atoms with Gasteiger partial charge in [0.1, 0.15) is 5.01 Å². The summed E-state index contributed by atoms with van der Waals surface area (Å²) >= 11 is 1.63. The van der Waals surface area contributed by atoms with Crippen molar-refractivity contribution in [2.24, 2.45) is 0 Å².